The molecule has 2 aromatic carbocycles. The third kappa shape index (κ3) is 5.52. The summed E-state index contributed by atoms with van der Waals surface area (Å²) in [6, 6.07) is 13.8. The Morgan fingerprint density at radius 1 is 1.00 bits per heavy atom. The number of piperazine rings is 1. The molecule has 1 aliphatic heterocycles. The van der Waals surface area contributed by atoms with Gasteiger partial charge < -0.3 is 20.4 Å². The van der Waals surface area contributed by atoms with Crippen molar-refractivity contribution < 1.29 is 9.59 Å². The molecule has 2 amide bonds. The van der Waals surface area contributed by atoms with E-state index in [-0.39, 0.29) is 17.7 Å². The van der Waals surface area contributed by atoms with Crippen LogP contribution in [0.15, 0.2) is 48.5 Å². The van der Waals surface area contributed by atoms with E-state index in [4.69, 9.17) is 11.6 Å². The van der Waals surface area contributed by atoms with Gasteiger partial charge in [0.2, 0.25) is 5.91 Å². The molecular formula is C23H29ClN4O2. The van der Waals surface area contributed by atoms with Crippen molar-refractivity contribution in [2.24, 2.45) is 5.92 Å². The van der Waals surface area contributed by atoms with E-state index in [9.17, 15) is 9.59 Å². The van der Waals surface area contributed by atoms with Crippen LogP contribution in [0.3, 0.4) is 0 Å². The van der Waals surface area contributed by atoms with Crippen molar-refractivity contribution >= 4 is 34.8 Å². The number of amides is 2. The van der Waals surface area contributed by atoms with Gasteiger partial charge in [-0.2, -0.15) is 0 Å². The van der Waals surface area contributed by atoms with Crippen LogP contribution in [0.4, 0.5) is 11.4 Å². The number of rotatable bonds is 6. The van der Waals surface area contributed by atoms with Gasteiger partial charge in [0.1, 0.15) is 6.04 Å². The molecule has 1 aliphatic rings. The minimum Gasteiger partial charge on any atom is -0.367 e. The van der Waals surface area contributed by atoms with Gasteiger partial charge >= 0.3 is 0 Å². The van der Waals surface area contributed by atoms with Gasteiger partial charge in [0.15, 0.2) is 0 Å². The maximum absolute atomic E-state index is 13.1. The van der Waals surface area contributed by atoms with E-state index in [1.54, 1.807) is 30.3 Å². The molecule has 1 unspecified atom stereocenters. The maximum atomic E-state index is 13.1. The molecule has 0 bridgehead atoms. The lowest BCUT2D eigenvalue weighted by Gasteiger charge is -2.35. The number of hydrogen-bond acceptors (Lipinski definition) is 4. The Morgan fingerprint density at radius 3 is 2.30 bits per heavy atom. The van der Waals surface area contributed by atoms with E-state index in [1.165, 1.54) is 0 Å². The standard InChI is InChI=1S/C23H29ClN4O2/c1-16(2)21(26-22(29)17-7-5-4-6-8-17)23(30)25-19-15-18(24)9-10-20(19)28-13-11-27(3)12-14-28/h4-10,15-16,21H,11-14H2,1-3H3,(H,25,30)(H,26,29). The number of benzene rings is 2. The quantitative estimate of drug-likeness (QED) is 0.739. The van der Waals surface area contributed by atoms with Crippen molar-refractivity contribution in [3.05, 3.63) is 59.1 Å². The summed E-state index contributed by atoms with van der Waals surface area (Å²) in [5, 5.41) is 6.43. The molecule has 2 N–H and O–H groups in total. The first-order valence-corrected chi connectivity index (χ1v) is 10.6. The molecule has 0 aliphatic carbocycles. The fourth-order valence-electron chi connectivity index (χ4n) is 3.49. The summed E-state index contributed by atoms with van der Waals surface area (Å²) >= 11 is 6.22. The third-order valence-corrected chi connectivity index (χ3v) is 5.57. The smallest absolute Gasteiger partial charge is 0.251 e. The summed E-state index contributed by atoms with van der Waals surface area (Å²) in [4.78, 5) is 30.2. The Morgan fingerprint density at radius 2 is 1.67 bits per heavy atom. The van der Waals surface area contributed by atoms with Crippen molar-refractivity contribution in [1.82, 2.24) is 10.2 Å². The normalized spacial score (nSPS) is 15.7. The molecule has 30 heavy (non-hydrogen) atoms. The van der Waals surface area contributed by atoms with Gasteiger partial charge in [-0.1, -0.05) is 43.6 Å². The van der Waals surface area contributed by atoms with Crippen LogP contribution in [0, 0.1) is 5.92 Å². The molecular weight excluding hydrogens is 400 g/mol. The number of halogens is 1. The lowest BCUT2D eigenvalue weighted by Crippen LogP contribution is -2.47. The molecule has 2 aromatic rings. The van der Waals surface area contributed by atoms with Gasteiger partial charge in [-0.25, -0.2) is 0 Å². The monoisotopic (exact) mass is 428 g/mol. The van der Waals surface area contributed by atoms with Crippen LogP contribution in [0.1, 0.15) is 24.2 Å². The average Bonchev–Trinajstić information content (AvgIpc) is 2.73. The highest BCUT2D eigenvalue weighted by molar-refractivity contribution is 6.31. The van der Waals surface area contributed by atoms with Crippen molar-refractivity contribution in [3.8, 4) is 0 Å². The maximum Gasteiger partial charge on any atom is 0.251 e. The molecule has 0 spiro atoms. The topological polar surface area (TPSA) is 64.7 Å². The Balaban J connectivity index is 1.77. The number of likely N-dealkylation sites (N-methyl/N-ethyl adjacent to an activating group) is 1. The lowest BCUT2D eigenvalue weighted by atomic mass is 10.0. The van der Waals surface area contributed by atoms with Crippen LogP contribution >= 0.6 is 11.6 Å². The van der Waals surface area contributed by atoms with Crippen molar-refractivity contribution in [1.29, 1.82) is 0 Å². The highest BCUT2D eigenvalue weighted by atomic mass is 35.5. The van der Waals surface area contributed by atoms with Crippen molar-refractivity contribution in [2.45, 2.75) is 19.9 Å². The van der Waals surface area contributed by atoms with E-state index in [1.807, 2.05) is 32.0 Å². The minimum absolute atomic E-state index is 0.0797. The summed E-state index contributed by atoms with van der Waals surface area (Å²) in [6.45, 7) is 7.48. The molecule has 0 radical (unpaired) electrons. The zero-order valence-corrected chi connectivity index (χ0v) is 18.4. The number of nitrogens with one attached hydrogen (secondary N) is 2. The Labute approximate surface area is 183 Å². The largest absolute Gasteiger partial charge is 0.367 e. The number of carbonyl (C=O) groups excluding carboxylic acids is 2. The molecule has 1 atom stereocenters. The molecule has 160 valence electrons. The number of nitrogens with zero attached hydrogens (tertiary/aromatic N) is 2. The highest BCUT2D eigenvalue weighted by Crippen LogP contribution is 2.30. The lowest BCUT2D eigenvalue weighted by molar-refractivity contribution is -0.118. The second-order valence-corrected chi connectivity index (χ2v) is 8.44. The Bertz CT molecular complexity index is 880. The first-order chi connectivity index (χ1) is 14.3. The van der Waals surface area contributed by atoms with Gasteiger partial charge in [-0.05, 0) is 43.3 Å². The van der Waals surface area contributed by atoms with Crippen LogP contribution < -0.4 is 15.5 Å². The fourth-order valence-corrected chi connectivity index (χ4v) is 3.66. The molecule has 1 heterocycles. The molecule has 6 nitrogen and oxygen atoms in total. The van der Waals surface area contributed by atoms with E-state index in [0.717, 1.165) is 31.9 Å². The Kier molecular flexibility index (Phi) is 7.34. The van der Waals surface area contributed by atoms with E-state index >= 15 is 0 Å². The fraction of sp³-hybridized carbons (Fsp3) is 0.391. The van der Waals surface area contributed by atoms with Crippen LogP contribution in [0.2, 0.25) is 5.02 Å². The predicted octanol–water partition coefficient (Wildman–Crippen LogP) is 3.48. The number of carbonyl (C=O) groups is 2. The van der Waals surface area contributed by atoms with Gasteiger partial charge in [-0.15, -0.1) is 0 Å². The molecule has 1 fully saturated rings. The average molecular weight is 429 g/mol. The number of hydrogen-bond donors (Lipinski definition) is 2. The van der Waals surface area contributed by atoms with Gasteiger partial charge in [0, 0.05) is 36.8 Å². The minimum atomic E-state index is -0.669. The summed E-state index contributed by atoms with van der Waals surface area (Å²) in [7, 11) is 2.10. The van der Waals surface area contributed by atoms with E-state index in [2.05, 4.69) is 27.5 Å². The zero-order chi connectivity index (χ0) is 21.7. The van der Waals surface area contributed by atoms with Crippen LogP contribution in [-0.2, 0) is 4.79 Å². The predicted molar refractivity (Wildman–Crippen MR) is 122 cm³/mol. The van der Waals surface area contributed by atoms with Crippen LogP contribution in [0.5, 0.6) is 0 Å². The highest BCUT2D eigenvalue weighted by Gasteiger charge is 2.26. The van der Waals surface area contributed by atoms with E-state index < -0.39 is 6.04 Å². The second-order valence-electron chi connectivity index (χ2n) is 8.00. The SMILES string of the molecule is CC(C)C(NC(=O)c1ccccc1)C(=O)Nc1cc(Cl)ccc1N1CCN(C)CC1. The summed E-state index contributed by atoms with van der Waals surface area (Å²) in [5.41, 5.74) is 2.13. The Hall–Kier alpha value is -2.57. The molecule has 3 rings (SSSR count). The van der Waals surface area contributed by atoms with Crippen LogP contribution in [0.25, 0.3) is 0 Å². The summed E-state index contributed by atoms with van der Waals surface area (Å²) in [6.07, 6.45) is 0. The zero-order valence-electron chi connectivity index (χ0n) is 17.7. The number of anilines is 2. The van der Waals surface area contributed by atoms with Gasteiger partial charge in [-0.3, -0.25) is 9.59 Å². The first-order valence-electron chi connectivity index (χ1n) is 10.2. The van der Waals surface area contributed by atoms with Crippen LogP contribution in [-0.4, -0.2) is 56.0 Å². The first kappa shape index (κ1) is 22.1. The second kappa shape index (κ2) is 9.96. The summed E-state index contributed by atoms with van der Waals surface area (Å²) < 4.78 is 0. The summed E-state index contributed by atoms with van der Waals surface area (Å²) in [5.74, 6) is -0.606. The van der Waals surface area contributed by atoms with Gasteiger partial charge in [0.05, 0.1) is 11.4 Å². The van der Waals surface area contributed by atoms with E-state index in [0.29, 0.717) is 16.3 Å². The molecule has 0 aromatic heterocycles. The molecule has 7 heteroatoms. The molecule has 1 saturated heterocycles. The van der Waals surface area contributed by atoms with Crippen molar-refractivity contribution in [3.63, 3.8) is 0 Å². The van der Waals surface area contributed by atoms with Crippen molar-refractivity contribution in [2.75, 3.05) is 43.4 Å². The third-order valence-electron chi connectivity index (χ3n) is 5.33. The van der Waals surface area contributed by atoms with Gasteiger partial charge in [0.25, 0.3) is 5.91 Å². The molecule has 0 saturated carbocycles.